The maximum absolute atomic E-state index is 15.2. The van der Waals surface area contributed by atoms with Crippen LogP contribution in [0.25, 0.3) is 33.5 Å². The van der Waals surface area contributed by atoms with E-state index in [9.17, 15) is 19.1 Å². The summed E-state index contributed by atoms with van der Waals surface area (Å²) < 4.78 is 34.8. The van der Waals surface area contributed by atoms with Crippen LogP contribution in [0.15, 0.2) is 65.8 Å². The van der Waals surface area contributed by atoms with Gasteiger partial charge in [-0.05, 0) is 93.1 Å². The lowest BCUT2D eigenvalue weighted by Gasteiger charge is -2.34. The van der Waals surface area contributed by atoms with E-state index in [4.69, 9.17) is 10.5 Å². The number of benzene rings is 2. The predicted octanol–water partition coefficient (Wildman–Crippen LogP) is 6.31. The molecule has 1 aliphatic carbocycles. The number of carboxylic acid groups (broad SMARTS) is 1. The highest BCUT2D eigenvalue weighted by Crippen LogP contribution is 2.53. The average molecular weight is 734 g/mol. The number of carbonyl (C=O) groups is 2. The maximum Gasteiger partial charge on any atom is 0.410 e. The zero-order valence-electron chi connectivity index (χ0n) is 30.2. The third kappa shape index (κ3) is 5.16. The minimum absolute atomic E-state index is 0.197. The molecule has 0 bridgehead atoms. The Kier molecular flexibility index (Phi) is 7.94. The number of fused-ring (bicyclic) bond motifs is 2. The number of hydrogen-bond acceptors (Lipinski definition) is 6. The van der Waals surface area contributed by atoms with Crippen LogP contribution in [-0.4, -0.2) is 63.3 Å². The second-order valence-corrected chi connectivity index (χ2v) is 14.3. The minimum atomic E-state index is -1.39. The largest absolute Gasteiger partial charge is 0.465 e. The van der Waals surface area contributed by atoms with Gasteiger partial charge >= 0.3 is 11.8 Å². The molecule has 2 amide bonds. The lowest BCUT2D eigenvalue weighted by Crippen LogP contribution is -2.45. The number of amides is 2. The summed E-state index contributed by atoms with van der Waals surface area (Å²) in [5.74, 6) is -1.23. The number of nitrogens with zero attached hydrogens (tertiary/aromatic N) is 6. The van der Waals surface area contributed by atoms with Crippen LogP contribution in [-0.2, 0) is 12.0 Å². The fourth-order valence-corrected chi connectivity index (χ4v) is 8.16. The molecule has 1 saturated carbocycles. The molecule has 0 radical (unpaired) electrons. The number of carbonyl (C=O) groups excluding carboxylic acids is 1. The Balaban J connectivity index is 1.29. The van der Waals surface area contributed by atoms with E-state index in [-0.39, 0.29) is 41.4 Å². The Morgan fingerprint density at radius 1 is 1.06 bits per heavy atom. The monoisotopic (exact) mass is 733 g/mol. The molecule has 4 aromatic heterocycles. The van der Waals surface area contributed by atoms with Crippen molar-refractivity contribution < 1.29 is 23.5 Å². The number of amidine groups is 1. The third-order valence-electron chi connectivity index (χ3n) is 11.0. The molecular formula is C39H37F2N9O4. The normalized spacial score (nSPS) is 19.2. The molecule has 3 atom stereocenters. The molecule has 0 saturated heterocycles. The van der Waals surface area contributed by atoms with Crippen LogP contribution in [0.5, 0.6) is 0 Å². The van der Waals surface area contributed by atoms with Crippen LogP contribution in [0.4, 0.5) is 13.6 Å². The van der Waals surface area contributed by atoms with E-state index < -0.39 is 29.2 Å². The van der Waals surface area contributed by atoms with Crippen LogP contribution in [0.3, 0.4) is 0 Å². The minimum Gasteiger partial charge on any atom is -0.465 e. The van der Waals surface area contributed by atoms with E-state index in [1.807, 2.05) is 13.8 Å². The van der Waals surface area contributed by atoms with E-state index in [0.29, 0.717) is 68.8 Å². The summed E-state index contributed by atoms with van der Waals surface area (Å²) in [6.45, 7) is 8.92. The first kappa shape index (κ1) is 34.7. The fraction of sp³-hybridized carbons (Fsp3) is 0.282. The first-order chi connectivity index (χ1) is 25.7. The number of aryl methyl sites for hydroxylation is 3. The van der Waals surface area contributed by atoms with Crippen molar-refractivity contribution in [2.75, 3.05) is 6.54 Å². The van der Waals surface area contributed by atoms with Crippen molar-refractivity contribution in [1.82, 2.24) is 39.1 Å². The van der Waals surface area contributed by atoms with Crippen LogP contribution >= 0.6 is 0 Å². The topological polar surface area (TPSA) is 167 Å². The van der Waals surface area contributed by atoms with Crippen LogP contribution in [0.1, 0.15) is 64.9 Å². The first-order valence-electron chi connectivity index (χ1n) is 17.6. The van der Waals surface area contributed by atoms with Gasteiger partial charge in [-0.1, -0.05) is 13.0 Å². The van der Waals surface area contributed by atoms with Gasteiger partial charge in [-0.3, -0.25) is 25.1 Å². The van der Waals surface area contributed by atoms with Crippen LogP contribution < -0.4 is 11.0 Å². The number of hydrogen-bond donors (Lipinski definition) is 4. The van der Waals surface area contributed by atoms with Crippen molar-refractivity contribution in [2.45, 2.75) is 59.0 Å². The van der Waals surface area contributed by atoms with Gasteiger partial charge in [-0.2, -0.15) is 5.10 Å². The molecule has 2 aromatic carbocycles. The molecule has 5 heterocycles. The van der Waals surface area contributed by atoms with Gasteiger partial charge in [-0.25, -0.2) is 23.1 Å². The molecule has 0 spiro atoms. The first-order valence-corrected chi connectivity index (χ1v) is 17.6. The van der Waals surface area contributed by atoms with Crippen molar-refractivity contribution >= 4 is 28.7 Å². The van der Waals surface area contributed by atoms with Crippen LogP contribution in [0.2, 0.25) is 0 Å². The van der Waals surface area contributed by atoms with Crippen molar-refractivity contribution in [3.05, 3.63) is 117 Å². The van der Waals surface area contributed by atoms with Gasteiger partial charge in [-0.15, -0.1) is 0 Å². The zero-order chi connectivity index (χ0) is 38.4. The van der Waals surface area contributed by atoms with Crippen molar-refractivity contribution in [1.29, 1.82) is 5.41 Å². The third-order valence-corrected chi connectivity index (χ3v) is 11.0. The second-order valence-electron chi connectivity index (χ2n) is 14.3. The summed E-state index contributed by atoms with van der Waals surface area (Å²) in [7, 11) is 0. The number of imidazole rings is 1. The lowest BCUT2D eigenvalue weighted by atomic mass is 9.98. The average Bonchev–Trinajstić information content (AvgIpc) is 3.44. The summed E-state index contributed by atoms with van der Waals surface area (Å²) in [5, 5.41) is 26.3. The van der Waals surface area contributed by atoms with E-state index in [0.717, 1.165) is 0 Å². The van der Waals surface area contributed by atoms with Gasteiger partial charge in [0.2, 0.25) is 0 Å². The molecule has 15 heteroatoms. The predicted molar refractivity (Wildman–Crippen MR) is 197 cm³/mol. The van der Waals surface area contributed by atoms with Gasteiger partial charge in [0.25, 0.3) is 5.91 Å². The van der Waals surface area contributed by atoms with Gasteiger partial charge in [0.15, 0.2) is 5.82 Å². The van der Waals surface area contributed by atoms with Crippen LogP contribution in [0, 0.1) is 43.7 Å². The highest BCUT2D eigenvalue weighted by molar-refractivity contribution is 6.05. The van der Waals surface area contributed by atoms with Crippen molar-refractivity contribution in [3.8, 4) is 22.6 Å². The number of nitrogens with one attached hydrogen (secondary N) is 3. The number of aromatic nitrogens is 6. The van der Waals surface area contributed by atoms with Crippen molar-refractivity contribution in [3.63, 3.8) is 0 Å². The molecule has 6 aromatic rings. The summed E-state index contributed by atoms with van der Waals surface area (Å²) >= 11 is 0. The summed E-state index contributed by atoms with van der Waals surface area (Å²) in [6, 6.07) is 11.3. The van der Waals surface area contributed by atoms with Crippen molar-refractivity contribution in [2.24, 2.45) is 5.92 Å². The summed E-state index contributed by atoms with van der Waals surface area (Å²) in [5.41, 5.74) is 3.07. The molecule has 276 valence electrons. The molecule has 13 nitrogen and oxygen atoms in total. The molecule has 0 unspecified atom stereocenters. The highest BCUT2D eigenvalue weighted by Gasteiger charge is 2.59. The Morgan fingerprint density at radius 3 is 2.43 bits per heavy atom. The molecular weight excluding hydrogens is 696 g/mol. The standard InChI is InChI=1S/C39H37F2N9O4/c1-19-14-26(15-20(2)32(19)40)50-34(48-13-11-44-37(48)52)31-23(5)47(12-9-28(31)46-50)35(51)30-17-25-16-24(27-8-10-43-22(4)33(27)41)6-7-29(25)49(30)39(18-21(39)3)36(42)45-38(53)54/h6-8,10-11,13-17,21,23H,9,12,18H2,1-5H3,(H2,42,45)(H,44,52)(H,53,54)/t21-,23-,39-/m0/s1. The number of aromatic amines is 1. The van der Waals surface area contributed by atoms with Gasteiger partial charge in [0.1, 0.15) is 28.7 Å². The highest BCUT2D eigenvalue weighted by atomic mass is 19.1. The molecule has 4 N–H and O–H groups in total. The van der Waals surface area contributed by atoms with E-state index >= 15 is 9.18 Å². The molecule has 54 heavy (non-hydrogen) atoms. The molecule has 2 aliphatic rings. The Morgan fingerprint density at radius 2 is 1.78 bits per heavy atom. The maximum atomic E-state index is 15.2. The Labute approximate surface area is 307 Å². The zero-order valence-corrected chi connectivity index (χ0v) is 30.2. The number of rotatable bonds is 6. The lowest BCUT2D eigenvalue weighted by molar-refractivity contribution is 0.0664. The summed E-state index contributed by atoms with van der Waals surface area (Å²) in [6.07, 6.45) is 3.97. The fourth-order valence-electron chi connectivity index (χ4n) is 8.16. The second kappa shape index (κ2) is 12.4. The SMILES string of the molecule is Cc1cc(-n2nc3c(c2-n2cc[nH]c2=O)[C@H](C)N(C(=O)c2cc4cc(-c5ccnc(C)c5F)ccc4n2[C@@]2(C(=N)NC(=O)O)C[C@@H]2C)CC3)cc(C)c1F. The van der Waals surface area contributed by atoms with Gasteiger partial charge in [0.05, 0.1) is 23.1 Å². The number of H-pyrrole nitrogens is 1. The summed E-state index contributed by atoms with van der Waals surface area (Å²) in [4.78, 5) is 48.4. The quantitative estimate of drug-likeness (QED) is 0.116. The van der Waals surface area contributed by atoms with Gasteiger partial charge in [0, 0.05) is 53.6 Å². The molecule has 8 rings (SSSR count). The molecule has 1 fully saturated rings. The Hall–Kier alpha value is -6.38. The van der Waals surface area contributed by atoms with E-state index in [1.54, 1.807) is 83.6 Å². The number of pyridine rings is 1. The smallest absolute Gasteiger partial charge is 0.410 e. The van der Waals surface area contributed by atoms with E-state index in [1.165, 1.54) is 17.0 Å². The number of halogens is 2. The van der Waals surface area contributed by atoms with E-state index in [2.05, 4.69) is 15.3 Å². The molecule has 1 aliphatic heterocycles. The Bertz CT molecular complexity index is 2610. The van der Waals surface area contributed by atoms with Gasteiger partial charge < -0.3 is 19.6 Å².